The fourth-order valence-electron chi connectivity index (χ4n) is 1.64. The Bertz CT molecular complexity index is 425. The third kappa shape index (κ3) is 3.89. The van der Waals surface area contributed by atoms with Crippen LogP contribution < -0.4 is 9.64 Å². The van der Waals surface area contributed by atoms with E-state index in [4.69, 9.17) is 9.84 Å². The molecule has 0 aliphatic rings. The van der Waals surface area contributed by atoms with E-state index in [0.717, 1.165) is 0 Å². The normalized spacial score (nSPS) is 12.0. The molecule has 0 aliphatic carbocycles. The van der Waals surface area contributed by atoms with Crippen LogP contribution >= 0.6 is 0 Å². The van der Waals surface area contributed by atoms with Gasteiger partial charge < -0.3 is 19.8 Å². The average molecular weight is 257 g/mol. The molecular formula is C12H16FNO4. The van der Waals surface area contributed by atoms with Crippen molar-refractivity contribution < 1.29 is 24.1 Å². The maximum atomic E-state index is 13.2. The number of hydrogen-bond donors (Lipinski definition) is 2. The lowest BCUT2D eigenvalue weighted by Crippen LogP contribution is -2.30. The zero-order valence-electron chi connectivity index (χ0n) is 10.3. The van der Waals surface area contributed by atoms with Crippen LogP contribution in [-0.2, 0) is 4.79 Å². The van der Waals surface area contributed by atoms with Gasteiger partial charge in [-0.3, -0.25) is 4.79 Å². The lowest BCUT2D eigenvalue weighted by molar-refractivity contribution is -0.139. The molecule has 2 N–H and O–H groups in total. The molecular weight excluding hydrogens is 241 g/mol. The Kier molecular flexibility index (Phi) is 4.91. The van der Waals surface area contributed by atoms with Gasteiger partial charge >= 0.3 is 5.97 Å². The number of nitrogens with zero attached hydrogens (tertiary/aromatic N) is 1. The summed E-state index contributed by atoms with van der Waals surface area (Å²) < 4.78 is 18.2. The molecule has 0 bridgehead atoms. The van der Waals surface area contributed by atoms with Crippen LogP contribution in [0.5, 0.6) is 5.75 Å². The molecule has 0 radical (unpaired) electrons. The van der Waals surface area contributed by atoms with Crippen LogP contribution in [-0.4, -0.2) is 43.0 Å². The van der Waals surface area contributed by atoms with E-state index >= 15 is 0 Å². The van der Waals surface area contributed by atoms with Crippen LogP contribution in [0.3, 0.4) is 0 Å². The summed E-state index contributed by atoms with van der Waals surface area (Å²) in [5.74, 6) is -1.05. The summed E-state index contributed by atoms with van der Waals surface area (Å²) in [6, 6.07) is 4.01. The van der Waals surface area contributed by atoms with Crippen LogP contribution in [0.25, 0.3) is 0 Å². The number of carboxylic acids is 1. The molecule has 0 saturated heterocycles. The van der Waals surface area contributed by atoms with E-state index < -0.39 is 17.9 Å². The standard InChI is InChI=1S/C12H16FNO4/c1-14(7-9(15)6-12(16)17)10-5-8(13)3-4-11(10)18-2/h3-5,9,15H,6-7H2,1-2H3,(H,16,17). The summed E-state index contributed by atoms with van der Waals surface area (Å²) in [5, 5.41) is 18.1. The molecule has 0 saturated carbocycles. The average Bonchev–Trinajstić information content (AvgIpc) is 2.27. The number of aliphatic hydroxyl groups excluding tert-OH is 1. The molecule has 5 nitrogen and oxygen atoms in total. The summed E-state index contributed by atoms with van der Waals surface area (Å²) in [4.78, 5) is 12.0. The Morgan fingerprint density at radius 3 is 2.78 bits per heavy atom. The monoisotopic (exact) mass is 257 g/mol. The van der Waals surface area contributed by atoms with Gasteiger partial charge in [0, 0.05) is 19.7 Å². The van der Waals surface area contributed by atoms with Gasteiger partial charge in [-0.1, -0.05) is 0 Å². The largest absolute Gasteiger partial charge is 0.495 e. The molecule has 6 heteroatoms. The van der Waals surface area contributed by atoms with Crippen molar-refractivity contribution >= 4 is 11.7 Å². The number of anilines is 1. The first-order valence-corrected chi connectivity index (χ1v) is 5.38. The lowest BCUT2D eigenvalue weighted by atomic mass is 10.2. The quantitative estimate of drug-likeness (QED) is 0.798. The van der Waals surface area contributed by atoms with Gasteiger partial charge in [0.2, 0.25) is 0 Å². The van der Waals surface area contributed by atoms with E-state index in [-0.39, 0.29) is 13.0 Å². The molecule has 0 aliphatic heterocycles. The number of benzene rings is 1. The van der Waals surface area contributed by atoms with Crippen molar-refractivity contribution in [3.8, 4) is 5.75 Å². The number of ether oxygens (including phenoxy) is 1. The minimum atomic E-state index is -1.08. The molecule has 1 atom stereocenters. The van der Waals surface area contributed by atoms with Gasteiger partial charge in [-0.2, -0.15) is 0 Å². The molecule has 0 spiro atoms. The Hall–Kier alpha value is -1.82. The van der Waals surface area contributed by atoms with Gasteiger partial charge in [-0.25, -0.2) is 4.39 Å². The Morgan fingerprint density at radius 2 is 2.22 bits per heavy atom. The number of hydrogen-bond acceptors (Lipinski definition) is 4. The van der Waals surface area contributed by atoms with Gasteiger partial charge in [0.05, 0.1) is 25.3 Å². The highest BCUT2D eigenvalue weighted by molar-refractivity contribution is 5.67. The molecule has 0 aromatic heterocycles. The summed E-state index contributed by atoms with van der Waals surface area (Å²) >= 11 is 0. The molecule has 0 heterocycles. The van der Waals surface area contributed by atoms with Crippen LogP contribution in [0.2, 0.25) is 0 Å². The predicted molar refractivity (Wildman–Crippen MR) is 64.5 cm³/mol. The van der Waals surface area contributed by atoms with Crippen molar-refractivity contribution in [2.24, 2.45) is 0 Å². The molecule has 100 valence electrons. The van der Waals surface area contributed by atoms with E-state index in [9.17, 15) is 14.3 Å². The number of likely N-dealkylation sites (N-methyl/N-ethyl adjacent to an activating group) is 1. The van der Waals surface area contributed by atoms with Gasteiger partial charge in [0.25, 0.3) is 0 Å². The van der Waals surface area contributed by atoms with Crippen LogP contribution in [0.1, 0.15) is 6.42 Å². The number of carbonyl (C=O) groups is 1. The lowest BCUT2D eigenvalue weighted by Gasteiger charge is -2.23. The first-order chi connectivity index (χ1) is 8.43. The number of aliphatic hydroxyl groups is 1. The van der Waals surface area contributed by atoms with Gasteiger partial charge in [-0.05, 0) is 12.1 Å². The Morgan fingerprint density at radius 1 is 1.56 bits per heavy atom. The first-order valence-electron chi connectivity index (χ1n) is 5.38. The number of halogens is 1. The third-order valence-electron chi connectivity index (χ3n) is 2.45. The molecule has 1 rings (SSSR count). The zero-order valence-corrected chi connectivity index (χ0v) is 10.3. The molecule has 18 heavy (non-hydrogen) atoms. The SMILES string of the molecule is COc1ccc(F)cc1N(C)CC(O)CC(=O)O. The van der Waals surface area contributed by atoms with E-state index in [1.165, 1.54) is 25.3 Å². The smallest absolute Gasteiger partial charge is 0.306 e. The first kappa shape index (κ1) is 14.2. The van der Waals surface area contributed by atoms with E-state index in [1.807, 2.05) is 0 Å². The van der Waals surface area contributed by atoms with Gasteiger partial charge in [-0.15, -0.1) is 0 Å². The maximum absolute atomic E-state index is 13.2. The topological polar surface area (TPSA) is 70.0 Å². The number of carboxylic acid groups (broad SMARTS) is 1. The Balaban J connectivity index is 2.79. The van der Waals surface area contributed by atoms with Crippen molar-refractivity contribution in [2.45, 2.75) is 12.5 Å². The summed E-state index contributed by atoms with van der Waals surface area (Å²) in [7, 11) is 3.08. The van der Waals surface area contributed by atoms with Crippen molar-refractivity contribution in [3.05, 3.63) is 24.0 Å². The molecule has 0 amide bonds. The summed E-state index contributed by atoms with van der Waals surface area (Å²) in [6.07, 6.45) is -1.39. The number of methoxy groups -OCH3 is 1. The fraction of sp³-hybridized carbons (Fsp3) is 0.417. The van der Waals surface area contributed by atoms with Crippen molar-refractivity contribution in [1.29, 1.82) is 0 Å². The fourth-order valence-corrected chi connectivity index (χ4v) is 1.64. The van der Waals surface area contributed by atoms with E-state index in [0.29, 0.717) is 11.4 Å². The van der Waals surface area contributed by atoms with Crippen LogP contribution in [0.15, 0.2) is 18.2 Å². The second-order valence-corrected chi connectivity index (χ2v) is 3.95. The number of aliphatic carboxylic acids is 1. The highest BCUT2D eigenvalue weighted by atomic mass is 19.1. The van der Waals surface area contributed by atoms with Crippen LogP contribution in [0.4, 0.5) is 10.1 Å². The highest BCUT2D eigenvalue weighted by Crippen LogP contribution is 2.28. The van der Waals surface area contributed by atoms with Crippen molar-refractivity contribution in [2.75, 3.05) is 25.6 Å². The Labute approximate surface area is 104 Å². The highest BCUT2D eigenvalue weighted by Gasteiger charge is 2.15. The second-order valence-electron chi connectivity index (χ2n) is 3.95. The van der Waals surface area contributed by atoms with E-state index in [1.54, 1.807) is 11.9 Å². The number of rotatable bonds is 6. The third-order valence-corrected chi connectivity index (χ3v) is 2.45. The van der Waals surface area contributed by atoms with E-state index in [2.05, 4.69) is 0 Å². The predicted octanol–water partition coefficient (Wildman–Crippen LogP) is 1.11. The molecule has 1 unspecified atom stereocenters. The molecule has 0 fully saturated rings. The second kappa shape index (κ2) is 6.20. The zero-order chi connectivity index (χ0) is 13.7. The molecule has 1 aromatic carbocycles. The minimum Gasteiger partial charge on any atom is -0.495 e. The maximum Gasteiger partial charge on any atom is 0.306 e. The van der Waals surface area contributed by atoms with Crippen molar-refractivity contribution in [3.63, 3.8) is 0 Å². The van der Waals surface area contributed by atoms with Gasteiger partial charge in [0.1, 0.15) is 11.6 Å². The summed E-state index contributed by atoms with van der Waals surface area (Å²) in [5.41, 5.74) is 0.460. The van der Waals surface area contributed by atoms with Crippen LogP contribution in [0, 0.1) is 5.82 Å². The summed E-state index contributed by atoms with van der Waals surface area (Å²) in [6.45, 7) is 0.0755. The minimum absolute atomic E-state index is 0.0755. The van der Waals surface area contributed by atoms with Gasteiger partial charge in [0.15, 0.2) is 0 Å². The van der Waals surface area contributed by atoms with Crippen molar-refractivity contribution in [1.82, 2.24) is 0 Å². The molecule has 1 aromatic rings.